The number of hydrogen-bond acceptors (Lipinski definition) is 2. The second kappa shape index (κ2) is 4.73. The second-order valence-corrected chi connectivity index (χ2v) is 6.14. The predicted octanol–water partition coefficient (Wildman–Crippen LogP) is 3.37. The fourth-order valence-corrected chi connectivity index (χ4v) is 2.47. The zero-order valence-electron chi connectivity index (χ0n) is 10.0. The molecule has 0 radical (unpaired) electrons. The lowest BCUT2D eigenvalue weighted by molar-refractivity contribution is -0.162. The molecule has 3 atom stereocenters. The van der Waals surface area contributed by atoms with E-state index in [2.05, 4.69) is 6.92 Å². The third-order valence-corrected chi connectivity index (χ3v) is 3.21. The molecule has 1 fully saturated rings. The fraction of sp³-hybridized carbons (Fsp3) is 0.917. The van der Waals surface area contributed by atoms with Gasteiger partial charge in [-0.25, -0.2) is 0 Å². The Hall–Kier alpha value is -0.240. The molecule has 0 aromatic rings. The molecule has 0 aromatic heterocycles. The zero-order valence-corrected chi connectivity index (χ0v) is 10.8. The Morgan fingerprint density at radius 2 is 1.93 bits per heavy atom. The van der Waals surface area contributed by atoms with E-state index in [4.69, 9.17) is 16.3 Å². The van der Waals surface area contributed by atoms with E-state index < -0.39 is 0 Å². The molecule has 1 aliphatic rings. The first-order valence-corrected chi connectivity index (χ1v) is 6.10. The van der Waals surface area contributed by atoms with Gasteiger partial charge in [0.25, 0.3) is 0 Å². The maximum Gasteiger partial charge on any atom is 0.309 e. The lowest BCUT2D eigenvalue weighted by Crippen LogP contribution is -2.35. The molecule has 0 amide bonds. The maximum atomic E-state index is 11.9. The molecule has 88 valence electrons. The molecule has 0 aliphatic heterocycles. The fourth-order valence-electron chi connectivity index (χ4n) is 2.06. The van der Waals surface area contributed by atoms with Gasteiger partial charge in [0.05, 0.1) is 5.92 Å². The lowest BCUT2D eigenvalue weighted by atomic mass is 9.80. The summed E-state index contributed by atoms with van der Waals surface area (Å²) in [4.78, 5) is 11.9. The van der Waals surface area contributed by atoms with Crippen molar-refractivity contribution in [3.63, 3.8) is 0 Å². The Morgan fingerprint density at radius 1 is 1.33 bits per heavy atom. The van der Waals surface area contributed by atoms with Gasteiger partial charge in [-0.05, 0) is 46.0 Å². The topological polar surface area (TPSA) is 26.3 Å². The molecule has 1 aliphatic carbocycles. The molecule has 0 bridgehead atoms. The van der Waals surface area contributed by atoms with Gasteiger partial charge in [-0.3, -0.25) is 4.79 Å². The minimum atomic E-state index is -0.380. The molecule has 1 saturated carbocycles. The summed E-state index contributed by atoms with van der Waals surface area (Å²) in [5.41, 5.74) is -0.380. The van der Waals surface area contributed by atoms with Crippen molar-refractivity contribution >= 4 is 17.6 Å². The monoisotopic (exact) mass is 232 g/mol. The van der Waals surface area contributed by atoms with Crippen LogP contribution < -0.4 is 0 Å². The minimum absolute atomic E-state index is 0.0409. The number of esters is 1. The third kappa shape index (κ3) is 4.02. The number of ether oxygens (including phenoxy) is 1. The number of alkyl halides is 1. The maximum absolute atomic E-state index is 11.9. The normalized spacial score (nSPS) is 32.5. The summed E-state index contributed by atoms with van der Waals surface area (Å²) in [6, 6.07) is 0. The largest absolute Gasteiger partial charge is 0.460 e. The lowest BCUT2D eigenvalue weighted by Gasteiger charge is -2.32. The van der Waals surface area contributed by atoms with Crippen LogP contribution in [-0.2, 0) is 9.53 Å². The van der Waals surface area contributed by atoms with Crippen molar-refractivity contribution in [3.8, 4) is 0 Å². The van der Waals surface area contributed by atoms with Crippen LogP contribution in [0.4, 0.5) is 0 Å². The van der Waals surface area contributed by atoms with Crippen LogP contribution in [0.3, 0.4) is 0 Å². The van der Waals surface area contributed by atoms with E-state index in [1.807, 2.05) is 20.8 Å². The van der Waals surface area contributed by atoms with Gasteiger partial charge >= 0.3 is 5.97 Å². The number of carbonyl (C=O) groups is 1. The van der Waals surface area contributed by atoms with E-state index in [0.717, 1.165) is 19.3 Å². The average molecular weight is 233 g/mol. The number of rotatable bonds is 1. The summed E-state index contributed by atoms with van der Waals surface area (Å²) in [5, 5.41) is 0.235. The smallest absolute Gasteiger partial charge is 0.309 e. The van der Waals surface area contributed by atoms with Crippen LogP contribution in [0, 0.1) is 11.8 Å². The third-order valence-electron chi connectivity index (χ3n) is 2.81. The molecule has 0 aromatic carbocycles. The van der Waals surface area contributed by atoms with Gasteiger partial charge in [0, 0.05) is 5.38 Å². The van der Waals surface area contributed by atoms with Gasteiger partial charge < -0.3 is 4.74 Å². The van der Waals surface area contributed by atoms with Crippen molar-refractivity contribution in [1.29, 1.82) is 0 Å². The Kier molecular flexibility index (Phi) is 4.05. The van der Waals surface area contributed by atoms with Crippen LogP contribution in [0.2, 0.25) is 0 Å². The summed E-state index contributed by atoms with van der Waals surface area (Å²) in [5.74, 6) is 0.328. The van der Waals surface area contributed by atoms with Crippen LogP contribution in [-0.4, -0.2) is 16.9 Å². The summed E-state index contributed by atoms with van der Waals surface area (Å²) in [6.07, 6.45) is 2.71. The Balaban J connectivity index is 2.53. The molecule has 0 saturated heterocycles. The Bertz CT molecular complexity index is 232. The van der Waals surface area contributed by atoms with Gasteiger partial charge in [-0.1, -0.05) is 6.92 Å². The summed E-state index contributed by atoms with van der Waals surface area (Å²) < 4.78 is 5.40. The predicted molar refractivity (Wildman–Crippen MR) is 62.0 cm³/mol. The number of hydrogen-bond donors (Lipinski definition) is 0. The first-order valence-electron chi connectivity index (χ1n) is 5.66. The van der Waals surface area contributed by atoms with E-state index in [0.29, 0.717) is 5.92 Å². The average Bonchev–Trinajstić information content (AvgIpc) is 1.99. The molecule has 15 heavy (non-hydrogen) atoms. The van der Waals surface area contributed by atoms with Crippen molar-refractivity contribution in [2.24, 2.45) is 11.8 Å². The van der Waals surface area contributed by atoms with Gasteiger partial charge in [0.2, 0.25) is 0 Å². The molecule has 1 rings (SSSR count). The van der Waals surface area contributed by atoms with Crippen LogP contribution in [0.5, 0.6) is 0 Å². The van der Waals surface area contributed by atoms with E-state index in [1.165, 1.54) is 0 Å². The first-order chi connectivity index (χ1) is 6.79. The quantitative estimate of drug-likeness (QED) is 0.512. The van der Waals surface area contributed by atoms with Crippen molar-refractivity contribution < 1.29 is 9.53 Å². The minimum Gasteiger partial charge on any atom is -0.460 e. The van der Waals surface area contributed by atoms with Crippen LogP contribution in [0.15, 0.2) is 0 Å². The summed E-state index contributed by atoms with van der Waals surface area (Å²) >= 11 is 6.06. The second-order valence-electron chi connectivity index (χ2n) is 5.53. The van der Waals surface area contributed by atoms with Crippen molar-refractivity contribution in [2.75, 3.05) is 0 Å². The van der Waals surface area contributed by atoms with Gasteiger partial charge in [-0.15, -0.1) is 11.6 Å². The van der Waals surface area contributed by atoms with E-state index in [-0.39, 0.29) is 22.9 Å². The van der Waals surface area contributed by atoms with Gasteiger partial charge in [-0.2, -0.15) is 0 Å². The molecule has 0 unspecified atom stereocenters. The summed E-state index contributed by atoms with van der Waals surface area (Å²) in [6.45, 7) is 7.80. The SMILES string of the molecule is C[C@H]1C[C@H](Cl)CC[C@H]1C(=O)OC(C)(C)C. The van der Waals surface area contributed by atoms with Gasteiger partial charge in [0.15, 0.2) is 0 Å². The highest BCUT2D eigenvalue weighted by Gasteiger charge is 2.34. The van der Waals surface area contributed by atoms with Crippen LogP contribution in [0.1, 0.15) is 47.0 Å². The van der Waals surface area contributed by atoms with E-state index in [1.54, 1.807) is 0 Å². The van der Waals surface area contributed by atoms with E-state index in [9.17, 15) is 4.79 Å². The molecule has 0 heterocycles. The molecule has 3 heteroatoms. The molecular formula is C12H21ClO2. The zero-order chi connectivity index (χ0) is 11.6. The molecule has 0 spiro atoms. The Labute approximate surface area is 97.3 Å². The first kappa shape index (κ1) is 12.8. The molecule has 0 N–H and O–H groups in total. The highest BCUT2D eigenvalue weighted by Crippen LogP contribution is 2.34. The van der Waals surface area contributed by atoms with Crippen molar-refractivity contribution in [1.82, 2.24) is 0 Å². The van der Waals surface area contributed by atoms with E-state index >= 15 is 0 Å². The number of carbonyl (C=O) groups excluding carboxylic acids is 1. The molecular weight excluding hydrogens is 212 g/mol. The molecule has 2 nitrogen and oxygen atoms in total. The van der Waals surface area contributed by atoms with Crippen LogP contribution in [0.25, 0.3) is 0 Å². The highest BCUT2D eigenvalue weighted by atomic mass is 35.5. The van der Waals surface area contributed by atoms with Crippen molar-refractivity contribution in [3.05, 3.63) is 0 Å². The van der Waals surface area contributed by atoms with Crippen LogP contribution >= 0.6 is 11.6 Å². The van der Waals surface area contributed by atoms with Crippen molar-refractivity contribution in [2.45, 2.75) is 57.9 Å². The Morgan fingerprint density at radius 3 is 2.40 bits per heavy atom. The summed E-state index contributed by atoms with van der Waals surface area (Å²) in [7, 11) is 0. The number of halogens is 1. The standard InChI is InChI=1S/C12H21ClO2/c1-8-7-9(13)5-6-10(8)11(14)15-12(2,3)4/h8-10H,5-7H2,1-4H3/t8-,9+,10+/m0/s1. The van der Waals surface area contributed by atoms with Gasteiger partial charge in [0.1, 0.15) is 5.60 Å². The highest BCUT2D eigenvalue weighted by molar-refractivity contribution is 6.20.